The lowest BCUT2D eigenvalue weighted by Gasteiger charge is -2.62. The van der Waals surface area contributed by atoms with Gasteiger partial charge < -0.3 is 10.2 Å². The number of nitrogens with zero attached hydrogens (tertiary/aromatic N) is 3. The maximum absolute atomic E-state index is 13.7. The molecule has 6 nitrogen and oxygen atoms in total. The Morgan fingerprint density at radius 1 is 1.17 bits per heavy atom. The molecule has 4 aliphatic carbocycles. The number of hydrogen-bond donors (Lipinski definition) is 1. The topological polar surface area (TPSA) is 65.5 Å². The van der Waals surface area contributed by atoms with E-state index in [1.165, 1.54) is 6.42 Å². The predicted octanol–water partition coefficient (Wildman–Crippen LogP) is 2.57. The number of carbonyl (C=O) groups excluding carboxylic acids is 2. The molecular weight excluding hydrogens is 384 g/mol. The van der Waals surface area contributed by atoms with E-state index in [0.717, 1.165) is 75.5 Å². The monoisotopic (exact) mass is 416 g/mol. The van der Waals surface area contributed by atoms with Crippen LogP contribution in [0.15, 0.2) is 5.38 Å². The number of thiazole rings is 1. The molecule has 1 saturated heterocycles. The summed E-state index contributed by atoms with van der Waals surface area (Å²) in [6, 6.07) is 0. The maximum atomic E-state index is 13.7. The smallest absolute Gasteiger partial charge is 0.228 e. The number of amides is 2. The van der Waals surface area contributed by atoms with Crippen LogP contribution in [0.25, 0.3) is 0 Å². The first-order chi connectivity index (χ1) is 13.8. The fourth-order valence-electron chi connectivity index (χ4n) is 7.19. The minimum atomic E-state index is -0.235. The van der Waals surface area contributed by atoms with E-state index in [4.69, 9.17) is 0 Å². The van der Waals surface area contributed by atoms with Gasteiger partial charge in [0, 0.05) is 50.6 Å². The third-order valence-electron chi connectivity index (χ3n) is 7.67. The first-order valence-electron chi connectivity index (χ1n) is 11.1. The Labute approximate surface area is 177 Å². The lowest BCUT2D eigenvalue weighted by molar-refractivity contribution is -0.164. The zero-order valence-corrected chi connectivity index (χ0v) is 18.4. The molecule has 7 heteroatoms. The first-order valence-corrected chi connectivity index (χ1v) is 11.9. The number of rotatable bonds is 4. The summed E-state index contributed by atoms with van der Waals surface area (Å²) < 4.78 is 0. The summed E-state index contributed by atoms with van der Waals surface area (Å²) in [5.41, 5.74) is 0.780. The van der Waals surface area contributed by atoms with Crippen molar-refractivity contribution >= 4 is 23.2 Å². The summed E-state index contributed by atoms with van der Waals surface area (Å²) in [7, 11) is 0. The second kappa shape index (κ2) is 7.05. The van der Waals surface area contributed by atoms with Crippen LogP contribution < -0.4 is 5.32 Å². The molecule has 2 unspecified atom stereocenters. The molecule has 1 aromatic rings. The quantitative estimate of drug-likeness (QED) is 0.819. The number of carbonyl (C=O) groups is 2. The Kier molecular flexibility index (Phi) is 4.74. The lowest BCUT2D eigenvalue weighted by atomic mass is 9.46. The molecule has 6 rings (SSSR count). The number of aryl methyl sites for hydroxylation is 1. The van der Waals surface area contributed by atoms with E-state index >= 15 is 0 Å². The highest BCUT2D eigenvalue weighted by molar-refractivity contribution is 7.09. The Bertz CT molecular complexity index is 799. The number of hydrogen-bond acceptors (Lipinski definition) is 5. The van der Waals surface area contributed by atoms with Crippen molar-refractivity contribution in [3.05, 3.63) is 16.1 Å². The third-order valence-corrected chi connectivity index (χ3v) is 8.49. The van der Waals surface area contributed by atoms with Gasteiger partial charge in [-0.15, -0.1) is 11.3 Å². The summed E-state index contributed by atoms with van der Waals surface area (Å²) in [6.07, 6.45) is 6.29. The Morgan fingerprint density at radius 3 is 2.45 bits per heavy atom. The Morgan fingerprint density at radius 2 is 1.86 bits per heavy atom. The molecule has 0 radical (unpaired) electrons. The van der Waals surface area contributed by atoms with Crippen molar-refractivity contribution < 1.29 is 9.59 Å². The standard InChI is InChI=1S/C22H32N4O2S/c1-15(27)24-22-10-17-7-18(11-22)9-21(8-17,14-22)20(28)26-5-3-25(4-6-26)12-19-13-29-16(2)23-19/h13,17-18H,3-12,14H2,1-2H3,(H,24,27)/t17-,18+,21?,22?. The van der Waals surface area contributed by atoms with Crippen LogP contribution in [0.3, 0.4) is 0 Å². The van der Waals surface area contributed by atoms with Crippen molar-refractivity contribution in [2.24, 2.45) is 17.3 Å². The van der Waals surface area contributed by atoms with Gasteiger partial charge in [0.15, 0.2) is 0 Å². The van der Waals surface area contributed by atoms with E-state index in [1.807, 2.05) is 6.92 Å². The summed E-state index contributed by atoms with van der Waals surface area (Å²) in [6.45, 7) is 8.01. The van der Waals surface area contributed by atoms with Gasteiger partial charge in [-0.3, -0.25) is 14.5 Å². The molecule has 4 saturated carbocycles. The highest BCUT2D eigenvalue weighted by Crippen LogP contribution is 2.62. The Balaban J connectivity index is 1.25. The van der Waals surface area contributed by atoms with Crippen molar-refractivity contribution in [3.8, 4) is 0 Å². The van der Waals surface area contributed by atoms with Gasteiger partial charge >= 0.3 is 0 Å². The van der Waals surface area contributed by atoms with Gasteiger partial charge in [-0.25, -0.2) is 4.98 Å². The van der Waals surface area contributed by atoms with Crippen molar-refractivity contribution in [1.82, 2.24) is 20.1 Å². The zero-order chi connectivity index (χ0) is 20.2. The van der Waals surface area contributed by atoms with Gasteiger partial charge in [-0.2, -0.15) is 0 Å². The van der Waals surface area contributed by atoms with Gasteiger partial charge in [0.25, 0.3) is 0 Å². The third kappa shape index (κ3) is 3.61. The molecule has 5 aliphatic rings. The highest BCUT2D eigenvalue weighted by Gasteiger charge is 2.61. The minimum absolute atomic E-state index is 0.0560. The van der Waals surface area contributed by atoms with Crippen molar-refractivity contribution in [2.75, 3.05) is 26.2 Å². The van der Waals surface area contributed by atoms with Crippen LogP contribution in [-0.4, -0.2) is 58.3 Å². The number of piperazine rings is 1. The van der Waals surface area contributed by atoms with Gasteiger partial charge in [-0.05, 0) is 57.3 Å². The molecule has 1 N–H and O–H groups in total. The van der Waals surface area contributed by atoms with Crippen molar-refractivity contribution in [1.29, 1.82) is 0 Å². The fourth-order valence-corrected chi connectivity index (χ4v) is 7.79. The van der Waals surface area contributed by atoms with Crippen LogP contribution in [0.1, 0.15) is 56.2 Å². The molecule has 0 spiro atoms. The predicted molar refractivity (Wildman–Crippen MR) is 112 cm³/mol. The molecule has 5 fully saturated rings. The SMILES string of the molecule is CC(=O)NC12C[C@H]3C[C@@H](C1)CC(C(=O)N1CCN(Cc4csc(C)n4)CC1)(C3)C2. The molecule has 29 heavy (non-hydrogen) atoms. The van der Waals surface area contributed by atoms with Gasteiger partial charge in [-0.1, -0.05) is 0 Å². The molecule has 4 bridgehead atoms. The van der Waals surface area contributed by atoms with Crippen LogP contribution in [-0.2, 0) is 16.1 Å². The minimum Gasteiger partial charge on any atom is -0.351 e. The normalized spacial score (nSPS) is 36.4. The van der Waals surface area contributed by atoms with Crippen LogP contribution in [0.2, 0.25) is 0 Å². The van der Waals surface area contributed by atoms with E-state index in [9.17, 15) is 9.59 Å². The average Bonchev–Trinajstić information content (AvgIpc) is 3.04. The highest BCUT2D eigenvalue weighted by atomic mass is 32.1. The molecule has 1 aliphatic heterocycles. The van der Waals surface area contributed by atoms with Gasteiger partial charge in [0.05, 0.1) is 16.1 Å². The largest absolute Gasteiger partial charge is 0.351 e. The fraction of sp³-hybridized carbons (Fsp3) is 0.773. The maximum Gasteiger partial charge on any atom is 0.228 e. The molecule has 1 aromatic heterocycles. The van der Waals surface area contributed by atoms with Crippen LogP contribution in [0, 0.1) is 24.2 Å². The summed E-state index contributed by atoms with van der Waals surface area (Å²) >= 11 is 1.70. The molecule has 4 atom stereocenters. The molecular formula is C22H32N4O2S. The summed E-state index contributed by atoms with van der Waals surface area (Å²) in [4.78, 5) is 34.7. The molecule has 2 amide bonds. The molecule has 0 aromatic carbocycles. The first kappa shape index (κ1) is 19.5. The van der Waals surface area contributed by atoms with Gasteiger partial charge in [0.1, 0.15) is 0 Å². The van der Waals surface area contributed by atoms with E-state index in [0.29, 0.717) is 17.7 Å². The van der Waals surface area contributed by atoms with Gasteiger partial charge in [0.2, 0.25) is 11.8 Å². The Hall–Kier alpha value is -1.47. The lowest BCUT2D eigenvalue weighted by Crippen LogP contribution is -2.66. The zero-order valence-electron chi connectivity index (χ0n) is 17.6. The molecule has 2 heterocycles. The molecule has 158 valence electrons. The number of nitrogens with one attached hydrogen (secondary N) is 1. The average molecular weight is 417 g/mol. The summed E-state index contributed by atoms with van der Waals surface area (Å²) in [5.74, 6) is 1.62. The van der Waals surface area contributed by atoms with Crippen molar-refractivity contribution in [3.63, 3.8) is 0 Å². The number of aromatic nitrogens is 1. The van der Waals surface area contributed by atoms with Crippen LogP contribution in [0.5, 0.6) is 0 Å². The van der Waals surface area contributed by atoms with Crippen LogP contribution in [0.4, 0.5) is 0 Å². The van der Waals surface area contributed by atoms with E-state index < -0.39 is 0 Å². The second-order valence-corrected chi connectivity index (χ2v) is 11.2. The van der Waals surface area contributed by atoms with E-state index in [-0.39, 0.29) is 16.9 Å². The van der Waals surface area contributed by atoms with E-state index in [1.54, 1.807) is 18.3 Å². The summed E-state index contributed by atoms with van der Waals surface area (Å²) in [5, 5.41) is 6.54. The van der Waals surface area contributed by atoms with Crippen molar-refractivity contribution in [2.45, 2.75) is 64.5 Å². The van der Waals surface area contributed by atoms with Crippen LogP contribution >= 0.6 is 11.3 Å². The second-order valence-electron chi connectivity index (χ2n) is 10.1. The van der Waals surface area contributed by atoms with E-state index in [2.05, 4.69) is 25.5 Å².